The van der Waals surface area contributed by atoms with E-state index in [1.54, 1.807) is 18.2 Å². The first kappa shape index (κ1) is 15.8. The van der Waals surface area contributed by atoms with Gasteiger partial charge in [0.25, 0.3) is 0 Å². The number of hydrogen-bond acceptors (Lipinski definition) is 3. The van der Waals surface area contributed by atoms with Gasteiger partial charge in [-0.1, -0.05) is 35.9 Å². The molecule has 0 bridgehead atoms. The molecule has 2 aromatic carbocycles. The van der Waals surface area contributed by atoms with Gasteiger partial charge in [0.15, 0.2) is 11.6 Å². The fraction of sp³-hybridized carbons (Fsp3) is 0.250. The van der Waals surface area contributed by atoms with Crippen molar-refractivity contribution in [2.24, 2.45) is 5.84 Å². The first-order valence-corrected chi connectivity index (χ1v) is 7.03. The second-order valence-electron chi connectivity index (χ2n) is 4.83. The number of ether oxygens (including phenoxy) is 1. The number of hydrazine groups is 1. The van der Waals surface area contributed by atoms with Gasteiger partial charge in [0.2, 0.25) is 0 Å². The number of nitrogens with one attached hydrogen (secondary N) is 1. The molecule has 1 atom stereocenters. The van der Waals surface area contributed by atoms with Gasteiger partial charge in [-0.3, -0.25) is 11.3 Å². The molecule has 0 aliphatic heterocycles. The molecule has 112 valence electrons. The SMILES string of the molecule is COc1cccc(CC(Cc2ccc(Cl)cc2)NN)c1F. The highest BCUT2D eigenvalue weighted by Gasteiger charge is 2.14. The first-order chi connectivity index (χ1) is 10.1. The molecule has 3 N–H and O–H groups in total. The van der Waals surface area contributed by atoms with Crippen molar-refractivity contribution in [2.75, 3.05) is 7.11 Å². The number of nitrogens with two attached hydrogens (primary N) is 1. The van der Waals surface area contributed by atoms with Crippen molar-refractivity contribution in [2.45, 2.75) is 18.9 Å². The summed E-state index contributed by atoms with van der Waals surface area (Å²) in [6.45, 7) is 0. The zero-order chi connectivity index (χ0) is 15.2. The maximum atomic E-state index is 14.2. The van der Waals surface area contributed by atoms with Gasteiger partial charge in [-0.2, -0.15) is 0 Å². The van der Waals surface area contributed by atoms with Crippen LogP contribution in [0, 0.1) is 5.82 Å². The Balaban J connectivity index is 2.10. The Morgan fingerprint density at radius 2 is 1.90 bits per heavy atom. The second-order valence-corrected chi connectivity index (χ2v) is 5.27. The third kappa shape index (κ3) is 4.17. The minimum absolute atomic E-state index is 0.0761. The number of rotatable bonds is 6. The van der Waals surface area contributed by atoms with Crippen LogP contribution in [0.3, 0.4) is 0 Å². The molecule has 0 aromatic heterocycles. The lowest BCUT2D eigenvalue weighted by molar-refractivity contribution is 0.382. The summed E-state index contributed by atoms with van der Waals surface area (Å²) in [6.07, 6.45) is 1.16. The molecule has 0 radical (unpaired) electrons. The van der Waals surface area contributed by atoms with Gasteiger partial charge in [0.1, 0.15) is 0 Å². The summed E-state index contributed by atoms with van der Waals surface area (Å²) in [4.78, 5) is 0. The highest BCUT2D eigenvalue weighted by Crippen LogP contribution is 2.21. The van der Waals surface area contributed by atoms with Gasteiger partial charge < -0.3 is 4.74 Å². The highest BCUT2D eigenvalue weighted by atomic mass is 35.5. The quantitative estimate of drug-likeness (QED) is 0.637. The maximum Gasteiger partial charge on any atom is 0.168 e. The molecule has 0 amide bonds. The van der Waals surface area contributed by atoms with E-state index < -0.39 is 0 Å². The Hall–Kier alpha value is -1.62. The minimum Gasteiger partial charge on any atom is -0.494 e. The van der Waals surface area contributed by atoms with Crippen LogP contribution < -0.4 is 16.0 Å². The zero-order valence-electron chi connectivity index (χ0n) is 11.8. The number of benzene rings is 2. The normalized spacial score (nSPS) is 12.2. The largest absolute Gasteiger partial charge is 0.494 e. The Morgan fingerprint density at radius 3 is 2.52 bits per heavy atom. The monoisotopic (exact) mass is 308 g/mol. The topological polar surface area (TPSA) is 47.3 Å². The van der Waals surface area contributed by atoms with Crippen molar-refractivity contribution < 1.29 is 9.13 Å². The number of methoxy groups -OCH3 is 1. The average Bonchev–Trinajstić information content (AvgIpc) is 2.50. The third-order valence-electron chi connectivity index (χ3n) is 3.36. The molecule has 0 aliphatic carbocycles. The molecular formula is C16H18ClFN2O. The van der Waals surface area contributed by atoms with E-state index in [1.165, 1.54) is 7.11 Å². The third-order valence-corrected chi connectivity index (χ3v) is 3.61. The van der Waals surface area contributed by atoms with Crippen molar-refractivity contribution >= 4 is 11.6 Å². The van der Waals surface area contributed by atoms with Crippen LogP contribution in [0.4, 0.5) is 4.39 Å². The summed E-state index contributed by atoms with van der Waals surface area (Å²) in [7, 11) is 1.45. The van der Waals surface area contributed by atoms with Crippen molar-refractivity contribution in [3.8, 4) is 5.75 Å². The molecule has 0 spiro atoms. The first-order valence-electron chi connectivity index (χ1n) is 6.66. The van der Waals surface area contributed by atoms with Gasteiger partial charge in [-0.15, -0.1) is 0 Å². The van der Waals surface area contributed by atoms with Crippen molar-refractivity contribution in [3.05, 3.63) is 64.4 Å². The predicted molar refractivity (Wildman–Crippen MR) is 82.9 cm³/mol. The molecule has 0 fully saturated rings. The van der Waals surface area contributed by atoms with Crippen LogP contribution in [0.15, 0.2) is 42.5 Å². The molecule has 2 rings (SSSR count). The molecule has 21 heavy (non-hydrogen) atoms. The molecule has 1 unspecified atom stereocenters. The molecule has 5 heteroatoms. The van der Waals surface area contributed by atoms with Crippen LogP contribution >= 0.6 is 11.6 Å². The Morgan fingerprint density at radius 1 is 1.19 bits per heavy atom. The molecule has 0 aliphatic rings. The van der Waals surface area contributed by atoms with Gasteiger partial charge >= 0.3 is 0 Å². The van der Waals surface area contributed by atoms with Crippen LogP contribution in [-0.4, -0.2) is 13.2 Å². The molecule has 0 heterocycles. The summed E-state index contributed by atoms with van der Waals surface area (Å²) in [5.41, 5.74) is 4.40. The summed E-state index contributed by atoms with van der Waals surface area (Å²) in [5, 5.41) is 0.690. The fourth-order valence-electron chi connectivity index (χ4n) is 2.23. The number of hydrogen-bond donors (Lipinski definition) is 2. The molecule has 2 aromatic rings. The van der Waals surface area contributed by atoms with Crippen molar-refractivity contribution in [1.29, 1.82) is 0 Å². The van der Waals surface area contributed by atoms with Gasteiger partial charge in [0.05, 0.1) is 7.11 Å². The van der Waals surface area contributed by atoms with E-state index in [9.17, 15) is 4.39 Å². The summed E-state index contributed by atoms with van der Waals surface area (Å²) in [6, 6.07) is 12.6. The zero-order valence-corrected chi connectivity index (χ0v) is 12.5. The highest BCUT2D eigenvalue weighted by molar-refractivity contribution is 6.30. The van der Waals surface area contributed by atoms with Crippen LogP contribution in [0.1, 0.15) is 11.1 Å². The van der Waals surface area contributed by atoms with E-state index in [0.717, 1.165) is 5.56 Å². The van der Waals surface area contributed by atoms with Crippen LogP contribution in [0.5, 0.6) is 5.75 Å². The van der Waals surface area contributed by atoms with E-state index >= 15 is 0 Å². The van der Waals surface area contributed by atoms with E-state index in [1.807, 2.05) is 24.3 Å². The lowest BCUT2D eigenvalue weighted by Crippen LogP contribution is -2.38. The summed E-state index contributed by atoms with van der Waals surface area (Å²) in [5.74, 6) is 5.50. The van der Waals surface area contributed by atoms with Crippen LogP contribution in [0.25, 0.3) is 0 Å². The maximum absolute atomic E-state index is 14.2. The number of halogens is 2. The van der Waals surface area contributed by atoms with Crippen LogP contribution in [0.2, 0.25) is 5.02 Å². The van der Waals surface area contributed by atoms with Crippen LogP contribution in [-0.2, 0) is 12.8 Å². The molecular weight excluding hydrogens is 291 g/mol. The Bertz CT molecular complexity index is 589. The fourth-order valence-corrected chi connectivity index (χ4v) is 2.36. The van der Waals surface area contributed by atoms with E-state index in [0.29, 0.717) is 23.4 Å². The standard InChI is InChI=1S/C16H18ClFN2O/c1-21-15-4-2-3-12(16(15)18)10-14(20-19)9-11-5-7-13(17)8-6-11/h2-8,14,20H,9-10,19H2,1H3. The van der Waals surface area contributed by atoms with Gasteiger partial charge in [0, 0.05) is 11.1 Å². The van der Waals surface area contributed by atoms with Gasteiger partial charge in [-0.25, -0.2) is 4.39 Å². The smallest absolute Gasteiger partial charge is 0.168 e. The van der Waals surface area contributed by atoms with E-state index in [-0.39, 0.29) is 17.6 Å². The van der Waals surface area contributed by atoms with E-state index in [4.69, 9.17) is 22.2 Å². The summed E-state index contributed by atoms with van der Waals surface area (Å²) < 4.78 is 19.1. The summed E-state index contributed by atoms with van der Waals surface area (Å²) >= 11 is 5.86. The Labute approximate surface area is 128 Å². The Kier molecular flexibility index (Phi) is 5.56. The second kappa shape index (κ2) is 7.41. The van der Waals surface area contributed by atoms with E-state index in [2.05, 4.69) is 5.43 Å². The average molecular weight is 309 g/mol. The molecule has 0 saturated heterocycles. The molecule has 3 nitrogen and oxygen atoms in total. The van der Waals surface area contributed by atoms with Gasteiger partial charge in [-0.05, 0) is 42.2 Å². The lowest BCUT2D eigenvalue weighted by atomic mass is 9.99. The van der Waals surface area contributed by atoms with Crippen molar-refractivity contribution in [3.63, 3.8) is 0 Å². The minimum atomic E-state index is -0.337. The molecule has 0 saturated carbocycles. The lowest BCUT2D eigenvalue weighted by Gasteiger charge is -2.17. The van der Waals surface area contributed by atoms with Crippen molar-refractivity contribution in [1.82, 2.24) is 5.43 Å². The predicted octanol–water partition coefficient (Wildman–Crippen LogP) is 3.10.